The largest absolute Gasteiger partial charge is 0.368 e. The number of rotatable bonds is 5. The molecule has 0 saturated carbocycles. The van der Waals surface area contributed by atoms with Crippen LogP contribution in [0.4, 0.5) is 11.9 Å². The van der Waals surface area contributed by atoms with Gasteiger partial charge >= 0.3 is 0 Å². The predicted molar refractivity (Wildman–Crippen MR) is 76.5 cm³/mol. The molecule has 2 N–H and O–H groups in total. The van der Waals surface area contributed by atoms with Gasteiger partial charge in [0.15, 0.2) is 0 Å². The summed E-state index contributed by atoms with van der Waals surface area (Å²) >= 11 is 0. The van der Waals surface area contributed by atoms with E-state index < -0.39 is 0 Å². The smallest absolute Gasteiger partial charge is 0.258 e. The number of nitrogens with zero attached hydrogens (tertiary/aromatic N) is 7. The highest BCUT2D eigenvalue weighted by Gasteiger charge is 2.16. The molecule has 20 heavy (non-hydrogen) atoms. The van der Waals surface area contributed by atoms with E-state index in [4.69, 9.17) is 5.73 Å². The zero-order chi connectivity index (χ0) is 14.7. The summed E-state index contributed by atoms with van der Waals surface area (Å²) in [4.78, 5) is 18.5. The molecule has 0 bridgehead atoms. The van der Waals surface area contributed by atoms with Crippen LogP contribution in [0.1, 0.15) is 27.2 Å². The molecule has 108 valence electrons. The highest BCUT2D eigenvalue weighted by atomic mass is 15.4. The lowest BCUT2D eigenvalue weighted by Gasteiger charge is -2.26. The van der Waals surface area contributed by atoms with Crippen molar-refractivity contribution in [2.75, 3.05) is 17.7 Å². The molecule has 8 heteroatoms. The first kappa shape index (κ1) is 14.2. The van der Waals surface area contributed by atoms with Gasteiger partial charge in [0.1, 0.15) is 12.7 Å². The molecule has 0 spiro atoms. The lowest BCUT2D eigenvalue weighted by atomic mass is 10.0. The molecule has 1 unspecified atom stereocenters. The van der Waals surface area contributed by atoms with Crippen molar-refractivity contribution in [3.8, 4) is 5.95 Å². The average molecular weight is 276 g/mol. The summed E-state index contributed by atoms with van der Waals surface area (Å²) in [5.74, 6) is 1.68. The molecule has 0 aliphatic heterocycles. The topological polar surface area (TPSA) is 98.6 Å². The van der Waals surface area contributed by atoms with Gasteiger partial charge in [-0.1, -0.05) is 13.8 Å². The first-order valence-electron chi connectivity index (χ1n) is 6.56. The van der Waals surface area contributed by atoms with Crippen LogP contribution >= 0.6 is 0 Å². The van der Waals surface area contributed by atoms with E-state index in [9.17, 15) is 0 Å². The number of hydrogen-bond donors (Lipinski definition) is 1. The molecule has 2 heterocycles. The molecule has 1 atom stereocenters. The molecule has 0 aliphatic rings. The lowest BCUT2D eigenvalue weighted by molar-refractivity contribution is 0.499. The van der Waals surface area contributed by atoms with Crippen molar-refractivity contribution in [2.24, 2.45) is 5.92 Å². The second-order valence-corrected chi connectivity index (χ2v) is 5.22. The fourth-order valence-corrected chi connectivity index (χ4v) is 1.98. The maximum Gasteiger partial charge on any atom is 0.258 e. The van der Waals surface area contributed by atoms with Gasteiger partial charge in [-0.05, 0) is 19.3 Å². The van der Waals surface area contributed by atoms with E-state index in [1.54, 1.807) is 0 Å². The minimum absolute atomic E-state index is 0.170. The Kier molecular flexibility index (Phi) is 4.11. The summed E-state index contributed by atoms with van der Waals surface area (Å²) in [6, 6.07) is 0.306. The highest BCUT2D eigenvalue weighted by molar-refractivity contribution is 5.37. The SMILES string of the molecule is CC(C)CC(C)N(C)c1nc(N)nc(-n2cncn2)n1. The summed E-state index contributed by atoms with van der Waals surface area (Å²) in [6.45, 7) is 6.51. The van der Waals surface area contributed by atoms with Crippen LogP contribution in [0.5, 0.6) is 0 Å². The van der Waals surface area contributed by atoms with Crippen LogP contribution in [-0.2, 0) is 0 Å². The number of nitrogens with two attached hydrogens (primary N) is 1. The Balaban J connectivity index is 2.28. The molecule has 0 aliphatic carbocycles. The second kappa shape index (κ2) is 5.81. The van der Waals surface area contributed by atoms with Crippen LogP contribution in [0.2, 0.25) is 0 Å². The number of aromatic nitrogens is 6. The zero-order valence-corrected chi connectivity index (χ0v) is 12.2. The number of anilines is 2. The number of hydrogen-bond acceptors (Lipinski definition) is 7. The molecule has 2 rings (SSSR count). The van der Waals surface area contributed by atoms with Crippen molar-refractivity contribution in [2.45, 2.75) is 33.2 Å². The highest BCUT2D eigenvalue weighted by Crippen LogP contribution is 2.16. The van der Waals surface area contributed by atoms with Crippen LogP contribution in [0.15, 0.2) is 12.7 Å². The maximum absolute atomic E-state index is 5.75. The van der Waals surface area contributed by atoms with Gasteiger partial charge in [0.25, 0.3) is 5.95 Å². The third-order valence-corrected chi connectivity index (χ3v) is 3.04. The van der Waals surface area contributed by atoms with E-state index in [0.717, 1.165) is 6.42 Å². The Morgan fingerprint density at radius 2 is 2.00 bits per heavy atom. The molecular weight excluding hydrogens is 256 g/mol. The minimum Gasteiger partial charge on any atom is -0.368 e. The minimum atomic E-state index is 0.170. The van der Waals surface area contributed by atoms with Gasteiger partial charge in [-0.3, -0.25) is 0 Å². The van der Waals surface area contributed by atoms with Crippen molar-refractivity contribution in [1.29, 1.82) is 0 Å². The first-order chi connectivity index (χ1) is 9.47. The van der Waals surface area contributed by atoms with Gasteiger partial charge in [-0.25, -0.2) is 4.98 Å². The van der Waals surface area contributed by atoms with Gasteiger partial charge < -0.3 is 10.6 Å². The summed E-state index contributed by atoms with van der Waals surface area (Å²) in [5.41, 5.74) is 5.75. The third-order valence-electron chi connectivity index (χ3n) is 3.04. The number of nitrogen functional groups attached to an aromatic ring is 1. The van der Waals surface area contributed by atoms with Gasteiger partial charge in [0.05, 0.1) is 0 Å². The van der Waals surface area contributed by atoms with Crippen molar-refractivity contribution < 1.29 is 0 Å². The van der Waals surface area contributed by atoms with E-state index >= 15 is 0 Å². The Morgan fingerprint density at radius 1 is 1.25 bits per heavy atom. The Bertz CT molecular complexity index is 551. The lowest BCUT2D eigenvalue weighted by Crippen LogP contribution is -2.32. The Morgan fingerprint density at radius 3 is 2.60 bits per heavy atom. The molecule has 0 radical (unpaired) electrons. The fraction of sp³-hybridized carbons (Fsp3) is 0.583. The maximum atomic E-state index is 5.75. The summed E-state index contributed by atoms with van der Waals surface area (Å²) < 4.78 is 1.46. The van der Waals surface area contributed by atoms with Crippen LogP contribution in [0.3, 0.4) is 0 Å². The predicted octanol–water partition coefficient (Wildman–Crippen LogP) is 0.905. The molecule has 2 aromatic rings. The van der Waals surface area contributed by atoms with Gasteiger partial charge in [0.2, 0.25) is 11.9 Å². The Labute approximate surface area is 118 Å². The molecule has 0 aromatic carbocycles. The standard InChI is InChI=1S/C12H20N8/c1-8(2)5-9(3)19(4)11-16-10(13)17-12(18-11)20-7-14-6-15-20/h6-9H,5H2,1-4H3,(H2,13,16,17,18). The van der Waals surface area contributed by atoms with E-state index in [1.165, 1.54) is 17.3 Å². The fourth-order valence-electron chi connectivity index (χ4n) is 1.98. The summed E-state index contributed by atoms with van der Waals surface area (Å²) in [6.07, 6.45) is 3.99. The van der Waals surface area contributed by atoms with Crippen molar-refractivity contribution in [3.63, 3.8) is 0 Å². The van der Waals surface area contributed by atoms with E-state index in [2.05, 4.69) is 45.8 Å². The molecular formula is C12H20N8. The zero-order valence-electron chi connectivity index (χ0n) is 12.2. The summed E-state index contributed by atoms with van der Waals surface area (Å²) in [5, 5.41) is 4.00. The first-order valence-corrected chi connectivity index (χ1v) is 6.56. The van der Waals surface area contributed by atoms with E-state index in [1.807, 2.05) is 11.9 Å². The quantitative estimate of drug-likeness (QED) is 0.866. The molecule has 8 nitrogen and oxygen atoms in total. The molecule has 2 aromatic heterocycles. The Hall–Kier alpha value is -2.25. The third kappa shape index (κ3) is 3.19. The van der Waals surface area contributed by atoms with Gasteiger partial charge in [-0.2, -0.15) is 24.7 Å². The molecule has 0 amide bonds. The monoisotopic (exact) mass is 276 g/mol. The van der Waals surface area contributed by atoms with Crippen molar-refractivity contribution >= 4 is 11.9 Å². The van der Waals surface area contributed by atoms with Crippen LogP contribution in [0, 0.1) is 5.92 Å². The van der Waals surface area contributed by atoms with Crippen molar-refractivity contribution in [3.05, 3.63) is 12.7 Å². The molecule has 0 fully saturated rings. The normalized spacial score (nSPS) is 12.7. The van der Waals surface area contributed by atoms with Crippen LogP contribution in [-0.4, -0.2) is 42.8 Å². The molecule has 0 saturated heterocycles. The van der Waals surface area contributed by atoms with Crippen LogP contribution < -0.4 is 10.6 Å². The van der Waals surface area contributed by atoms with Gasteiger partial charge in [-0.15, -0.1) is 0 Å². The van der Waals surface area contributed by atoms with Crippen LogP contribution in [0.25, 0.3) is 5.95 Å². The van der Waals surface area contributed by atoms with E-state index in [0.29, 0.717) is 23.9 Å². The van der Waals surface area contributed by atoms with Gasteiger partial charge in [0, 0.05) is 13.1 Å². The van der Waals surface area contributed by atoms with Crippen molar-refractivity contribution in [1.82, 2.24) is 29.7 Å². The summed E-state index contributed by atoms with van der Waals surface area (Å²) in [7, 11) is 1.95. The van der Waals surface area contributed by atoms with E-state index in [-0.39, 0.29) is 5.95 Å². The average Bonchev–Trinajstić information content (AvgIpc) is 2.90. The second-order valence-electron chi connectivity index (χ2n) is 5.22.